The number of amides is 1. The van der Waals surface area contributed by atoms with Gasteiger partial charge in [0, 0.05) is 11.8 Å². The van der Waals surface area contributed by atoms with Crippen LogP contribution in [0.5, 0.6) is 5.75 Å². The zero-order valence-electron chi connectivity index (χ0n) is 14.1. The van der Waals surface area contributed by atoms with E-state index in [1.807, 2.05) is 0 Å². The molecule has 0 aliphatic heterocycles. The summed E-state index contributed by atoms with van der Waals surface area (Å²) < 4.78 is 7.93. The van der Waals surface area contributed by atoms with Gasteiger partial charge in [0.15, 0.2) is 16.6 Å². The second kappa shape index (κ2) is 9.28. The van der Waals surface area contributed by atoms with E-state index in [9.17, 15) is 14.9 Å². The number of hydrogen-bond acceptors (Lipinski definition) is 6. The van der Waals surface area contributed by atoms with Crippen LogP contribution in [0.2, 0.25) is 0 Å². The Kier molecular flexibility index (Phi) is 7.30. The molecule has 0 unspecified atom stereocenters. The first-order chi connectivity index (χ1) is 13.1. The fraction of sp³-hybridized carbons (Fsp3) is 0.200. The number of anilines is 1. The fourth-order valence-corrected chi connectivity index (χ4v) is 2.58. The van der Waals surface area contributed by atoms with Gasteiger partial charge >= 0.3 is 5.69 Å². The number of nitrogens with zero attached hydrogens (tertiary/aromatic N) is 1. The van der Waals surface area contributed by atoms with Crippen molar-refractivity contribution in [3.05, 3.63) is 52.5 Å². The maximum Gasteiger partial charge on any atom is 0.312 e. The summed E-state index contributed by atoms with van der Waals surface area (Å²) in [4.78, 5) is 22.6. The lowest BCUT2D eigenvalue weighted by Gasteiger charge is -2.27. The molecular formula is C15H13Cl3N4O5S. The third-order valence-corrected chi connectivity index (χ3v) is 4.13. The van der Waals surface area contributed by atoms with Crippen LogP contribution in [0.3, 0.4) is 0 Å². The quantitative estimate of drug-likeness (QED) is 0.194. The molecule has 2 rings (SSSR count). The second-order valence-corrected chi connectivity index (χ2v) is 7.94. The number of nitro groups is 1. The highest BCUT2D eigenvalue weighted by molar-refractivity contribution is 7.80. The molecule has 0 bridgehead atoms. The van der Waals surface area contributed by atoms with Crippen molar-refractivity contribution < 1.29 is 18.9 Å². The van der Waals surface area contributed by atoms with Crippen molar-refractivity contribution in [3.8, 4) is 5.75 Å². The number of furan rings is 1. The third-order valence-electron chi connectivity index (χ3n) is 3.26. The lowest BCUT2D eigenvalue weighted by molar-refractivity contribution is -0.385. The van der Waals surface area contributed by atoms with E-state index < -0.39 is 20.8 Å². The number of benzene rings is 1. The number of carbonyl (C=O) groups excluding carboxylic acids is 1. The molecule has 1 heterocycles. The van der Waals surface area contributed by atoms with Crippen molar-refractivity contribution in [1.29, 1.82) is 0 Å². The van der Waals surface area contributed by atoms with Crippen molar-refractivity contribution in [3.63, 3.8) is 0 Å². The minimum absolute atomic E-state index is 0.00528. The number of nitro benzene ring substituents is 1. The summed E-state index contributed by atoms with van der Waals surface area (Å²) in [5, 5.41) is 18.8. The van der Waals surface area contributed by atoms with Gasteiger partial charge < -0.3 is 25.1 Å². The van der Waals surface area contributed by atoms with Gasteiger partial charge in [-0.3, -0.25) is 14.9 Å². The van der Waals surface area contributed by atoms with Crippen LogP contribution in [-0.2, 0) is 0 Å². The highest BCUT2D eigenvalue weighted by atomic mass is 35.6. The van der Waals surface area contributed by atoms with Gasteiger partial charge in [0.2, 0.25) is 3.79 Å². The summed E-state index contributed by atoms with van der Waals surface area (Å²) in [6.07, 6.45) is 0.0819. The van der Waals surface area contributed by atoms with Gasteiger partial charge in [-0.05, 0) is 36.5 Å². The Balaban J connectivity index is 2.10. The first-order valence-electron chi connectivity index (χ1n) is 7.43. The molecule has 0 saturated heterocycles. The third kappa shape index (κ3) is 5.86. The fourth-order valence-electron chi connectivity index (χ4n) is 2.02. The molecule has 0 aliphatic rings. The largest absolute Gasteiger partial charge is 0.490 e. The molecule has 0 saturated carbocycles. The van der Waals surface area contributed by atoms with Crippen LogP contribution >= 0.6 is 47.0 Å². The Morgan fingerprint density at radius 1 is 1.32 bits per heavy atom. The van der Waals surface area contributed by atoms with E-state index in [1.54, 1.807) is 0 Å². The van der Waals surface area contributed by atoms with E-state index in [2.05, 4.69) is 16.0 Å². The summed E-state index contributed by atoms with van der Waals surface area (Å²) >= 11 is 22.8. The number of methoxy groups -OCH3 is 1. The van der Waals surface area contributed by atoms with Gasteiger partial charge in [-0.2, -0.15) is 0 Å². The minimum atomic E-state index is -1.97. The van der Waals surface area contributed by atoms with Gasteiger partial charge in [-0.25, -0.2) is 0 Å². The molecule has 1 aromatic carbocycles. The van der Waals surface area contributed by atoms with Crippen molar-refractivity contribution in [2.24, 2.45) is 0 Å². The summed E-state index contributed by atoms with van der Waals surface area (Å²) in [6.45, 7) is 0. The number of thiocarbonyl (C=S) groups is 1. The van der Waals surface area contributed by atoms with Crippen LogP contribution in [-0.4, -0.2) is 33.0 Å². The predicted octanol–water partition coefficient (Wildman–Crippen LogP) is 3.61. The molecule has 1 aromatic heterocycles. The van der Waals surface area contributed by atoms with E-state index in [0.717, 1.165) is 0 Å². The number of hydrogen-bond donors (Lipinski definition) is 3. The molecule has 1 atom stereocenters. The van der Waals surface area contributed by atoms with Gasteiger partial charge in [0.1, 0.15) is 6.17 Å². The smallest absolute Gasteiger partial charge is 0.312 e. The van der Waals surface area contributed by atoms with Crippen LogP contribution in [0.25, 0.3) is 0 Å². The maximum absolute atomic E-state index is 12.1. The predicted molar refractivity (Wildman–Crippen MR) is 109 cm³/mol. The molecule has 3 N–H and O–H groups in total. The Hall–Kier alpha value is -2.27. The van der Waals surface area contributed by atoms with Gasteiger partial charge in [-0.1, -0.05) is 34.8 Å². The topological polar surface area (TPSA) is 119 Å². The molecule has 0 radical (unpaired) electrons. The Morgan fingerprint density at radius 2 is 2.04 bits per heavy atom. The summed E-state index contributed by atoms with van der Waals surface area (Å²) in [7, 11) is 1.31. The standard InChI is InChI=1S/C15H13Cl3N4O5S/c1-26-10-5-4-8(7-9(10)22(24)25)19-14(28)21-13(15(16,17)18)20-12(23)11-3-2-6-27-11/h2-7,13H,1H3,(H,20,23)(H2,19,21,28)/t13-/m1/s1. The number of halogens is 3. The monoisotopic (exact) mass is 466 g/mol. The number of alkyl halides is 3. The average molecular weight is 468 g/mol. The maximum atomic E-state index is 12.1. The van der Waals surface area contributed by atoms with Crippen molar-refractivity contribution in [1.82, 2.24) is 10.6 Å². The number of nitrogens with one attached hydrogen (secondary N) is 3. The Bertz CT molecular complexity index is 873. The zero-order chi connectivity index (χ0) is 20.9. The van der Waals surface area contributed by atoms with E-state index in [0.29, 0.717) is 0 Å². The van der Waals surface area contributed by atoms with Crippen molar-refractivity contribution in [2.45, 2.75) is 9.96 Å². The molecule has 0 aliphatic carbocycles. The molecular weight excluding hydrogens is 455 g/mol. The number of ether oxygens (including phenoxy) is 1. The van der Waals surface area contributed by atoms with E-state index in [4.69, 9.17) is 56.2 Å². The van der Waals surface area contributed by atoms with E-state index in [1.165, 1.54) is 43.7 Å². The summed E-state index contributed by atoms with van der Waals surface area (Å²) in [6, 6.07) is 7.08. The second-order valence-electron chi connectivity index (χ2n) is 5.17. The molecule has 0 spiro atoms. The van der Waals surface area contributed by atoms with E-state index in [-0.39, 0.29) is 28.0 Å². The number of carbonyl (C=O) groups is 1. The van der Waals surface area contributed by atoms with Crippen LogP contribution in [0, 0.1) is 10.1 Å². The average Bonchev–Trinajstić information content (AvgIpc) is 3.15. The summed E-state index contributed by atoms with van der Waals surface area (Å²) in [5.74, 6) is -0.554. The van der Waals surface area contributed by atoms with E-state index >= 15 is 0 Å². The number of rotatable bonds is 6. The Morgan fingerprint density at radius 3 is 2.57 bits per heavy atom. The molecule has 150 valence electrons. The SMILES string of the molecule is COc1ccc(NC(=S)N[C@@H](NC(=O)c2ccco2)C(Cl)(Cl)Cl)cc1[N+](=O)[O-]. The lowest BCUT2D eigenvalue weighted by Crippen LogP contribution is -2.56. The molecule has 2 aromatic rings. The molecule has 13 heteroatoms. The first kappa shape index (κ1) is 22.0. The molecule has 0 fully saturated rings. The van der Waals surface area contributed by atoms with Gasteiger partial charge in [-0.15, -0.1) is 0 Å². The minimum Gasteiger partial charge on any atom is -0.490 e. The van der Waals surface area contributed by atoms with Crippen molar-refractivity contribution in [2.75, 3.05) is 12.4 Å². The molecule has 9 nitrogen and oxygen atoms in total. The van der Waals surface area contributed by atoms with Crippen LogP contribution < -0.4 is 20.7 Å². The summed E-state index contributed by atoms with van der Waals surface area (Å²) in [5.41, 5.74) is 0.0183. The van der Waals surface area contributed by atoms with Gasteiger partial charge in [0.25, 0.3) is 5.91 Å². The van der Waals surface area contributed by atoms with Crippen LogP contribution in [0.1, 0.15) is 10.6 Å². The highest BCUT2D eigenvalue weighted by Gasteiger charge is 2.35. The highest BCUT2D eigenvalue weighted by Crippen LogP contribution is 2.31. The first-order valence-corrected chi connectivity index (χ1v) is 8.97. The molecule has 28 heavy (non-hydrogen) atoms. The van der Waals surface area contributed by atoms with Crippen molar-refractivity contribution >= 4 is 69.4 Å². The zero-order valence-corrected chi connectivity index (χ0v) is 17.2. The Labute approximate surface area is 179 Å². The van der Waals surface area contributed by atoms with Gasteiger partial charge in [0.05, 0.1) is 18.3 Å². The molecule has 1 amide bonds. The van der Waals surface area contributed by atoms with Crippen LogP contribution in [0.15, 0.2) is 41.0 Å². The van der Waals surface area contributed by atoms with Crippen LogP contribution in [0.4, 0.5) is 11.4 Å². The lowest BCUT2D eigenvalue weighted by atomic mass is 10.2. The normalized spacial score (nSPS) is 12.0.